The van der Waals surface area contributed by atoms with Crippen molar-refractivity contribution in [2.24, 2.45) is 0 Å². The minimum Gasteiger partial charge on any atom is -0.396 e. The van der Waals surface area contributed by atoms with Gasteiger partial charge < -0.3 is 15.7 Å². The van der Waals surface area contributed by atoms with Crippen LogP contribution in [0.2, 0.25) is 0 Å². The van der Waals surface area contributed by atoms with Gasteiger partial charge in [-0.25, -0.2) is 0 Å². The van der Waals surface area contributed by atoms with Crippen LogP contribution in [0.3, 0.4) is 0 Å². The van der Waals surface area contributed by atoms with Gasteiger partial charge in [-0.15, -0.1) is 0 Å². The van der Waals surface area contributed by atoms with E-state index in [4.69, 9.17) is 5.11 Å². The highest BCUT2D eigenvalue weighted by Gasteiger charge is 2.17. The normalized spacial score (nSPS) is 14.5. The average molecular weight is 276 g/mol. The Morgan fingerprint density at radius 3 is 2.75 bits per heavy atom. The van der Waals surface area contributed by atoms with Crippen molar-refractivity contribution < 1.29 is 14.7 Å². The summed E-state index contributed by atoms with van der Waals surface area (Å²) in [5.74, 6) is -1.35. The van der Waals surface area contributed by atoms with Crippen LogP contribution in [-0.2, 0) is 22.4 Å². The van der Waals surface area contributed by atoms with Crippen molar-refractivity contribution in [1.82, 2.24) is 5.32 Å². The molecule has 1 aromatic rings. The Hall–Kier alpha value is -1.88. The summed E-state index contributed by atoms with van der Waals surface area (Å²) in [5, 5.41) is 13.9. The standard InChI is InChI=1S/C15H20N2O3/c1-10(7-8-18)16-14(19)15(20)17-13-6-5-11-3-2-4-12(11)9-13/h5-6,9-10,18H,2-4,7-8H2,1H3,(H,16,19)(H,17,20)/t10-/m1/s1. The number of fused-ring (bicyclic) bond motifs is 1. The zero-order valence-electron chi connectivity index (χ0n) is 11.6. The summed E-state index contributed by atoms with van der Waals surface area (Å²) in [7, 11) is 0. The molecule has 5 heteroatoms. The van der Waals surface area contributed by atoms with Crippen molar-refractivity contribution in [3.8, 4) is 0 Å². The Kier molecular flexibility index (Phi) is 4.74. The predicted molar refractivity (Wildman–Crippen MR) is 76.4 cm³/mol. The summed E-state index contributed by atoms with van der Waals surface area (Å²) in [6, 6.07) is 5.54. The molecule has 1 aromatic carbocycles. The summed E-state index contributed by atoms with van der Waals surface area (Å²) in [6.45, 7) is 1.73. The fourth-order valence-electron chi connectivity index (χ4n) is 2.39. The van der Waals surface area contributed by atoms with Crippen LogP contribution < -0.4 is 10.6 Å². The maximum absolute atomic E-state index is 11.8. The molecule has 1 aliphatic carbocycles. The van der Waals surface area contributed by atoms with E-state index in [0.29, 0.717) is 12.1 Å². The molecular weight excluding hydrogens is 256 g/mol. The Balaban J connectivity index is 1.92. The van der Waals surface area contributed by atoms with E-state index in [1.54, 1.807) is 6.92 Å². The topological polar surface area (TPSA) is 78.4 Å². The molecule has 3 N–H and O–H groups in total. The number of carbonyl (C=O) groups is 2. The van der Waals surface area contributed by atoms with Crippen LogP contribution in [0.15, 0.2) is 18.2 Å². The van der Waals surface area contributed by atoms with E-state index in [2.05, 4.69) is 10.6 Å². The fourth-order valence-corrected chi connectivity index (χ4v) is 2.39. The monoisotopic (exact) mass is 276 g/mol. The van der Waals surface area contributed by atoms with Crippen LogP contribution in [-0.4, -0.2) is 29.6 Å². The molecule has 1 aliphatic rings. The molecule has 2 amide bonds. The fraction of sp³-hybridized carbons (Fsp3) is 0.467. The summed E-state index contributed by atoms with van der Waals surface area (Å²) < 4.78 is 0. The summed E-state index contributed by atoms with van der Waals surface area (Å²) >= 11 is 0. The van der Waals surface area contributed by atoms with Crippen molar-refractivity contribution in [2.45, 2.75) is 38.6 Å². The van der Waals surface area contributed by atoms with E-state index < -0.39 is 11.8 Å². The van der Waals surface area contributed by atoms with E-state index in [0.717, 1.165) is 19.3 Å². The van der Waals surface area contributed by atoms with Crippen LogP contribution in [0.5, 0.6) is 0 Å². The van der Waals surface area contributed by atoms with Crippen LogP contribution >= 0.6 is 0 Å². The van der Waals surface area contributed by atoms with E-state index in [9.17, 15) is 9.59 Å². The zero-order chi connectivity index (χ0) is 14.5. The lowest BCUT2D eigenvalue weighted by molar-refractivity contribution is -0.136. The van der Waals surface area contributed by atoms with Gasteiger partial charge in [0.15, 0.2) is 0 Å². The van der Waals surface area contributed by atoms with Gasteiger partial charge in [0.05, 0.1) is 0 Å². The van der Waals surface area contributed by atoms with Crippen molar-refractivity contribution in [3.63, 3.8) is 0 Å². The van der Waals surface area contributed by atoms with Crippen molar-refractivity contribution in [1.29, 1.82) is 0 Å². The van der Waals surface area contributed by atoms with E-state index in [1.807, 2.05) is 18.2 Å². The van der Waals surface area contributed by atoms with Gasteiger partial charge in [0.1, 0.15) is 0 Å². The van der Waals surface area contributed by atoms with Crippen molar-refractivity contribution in [2.75, 3.05) is 11.9 Å². The smallest absolute Gasteiger partial charge is 0.313 e. The molecule has 20 heavy (non-hydrogen) atoms. The Morgan fingerprint density at radius 2 is 2.00 bits per heavy atom. The number of nitrogens with one attached hydrogen (secondary N) is 2. The zero-order valence-corrected chi connectivity index (χ0v) is 11.6. The highest BCUT2D eigenvalue weighted by Crippen LogP contribution is 2.24. The number of carbonyl (C=O) groups excluding carboxylic acids is 2. The third kappa shape index (κ3) is 3.57. The molecule has 0 aromatic heterocycles. The van der Waals surface area contributed by atoms with Gasteiger partial charge in [0.2, 0.25) is 0 Å². The molecule has 0 unspecified atom stereocenters. The number of aliphatic hydroxyl groups excluding tert-OH is 1. The summed E-state index contributed by atoms with van der Waals surface area (Å²) in [5.41, 5.74) is 3.22. The molecule has 2 rings (SSSR count). The van der Waals surface area contributed by atoms with E-state index >= 15 is 0 Å². The van der Waals surface area contributed by atoms with Gasteiger partial charge >= 0.3 is 11.8 Å². The average Bonchev–Trinajstić information content (AvgIpc) is 2.86. The summed E-state index contributed by atoms with van der Waals surface area (Å²) in [4.78, 5) is 23.4. The van der Waals surface area contributed by atoms with Gasteiger partial charge in [-0.2, -0.15) is 0 Å². The van der Waals surface area contributed by atoms with Crippen LogP contribution in [0.1, 0.15) is 30.9 Å². The van der Waals surface area contributed by atoms with Gasteiger partial charge in [-0.3, -0.25) is 9.59 Å². The largest absolute Gasteiger partial charge is 0.396 e. The summed E-state index contributed by atoms with van der Waals surface area (Å²) in [6.07, 6.45) is 3.69. The minimum atomic E-state index is -0.675. The van der Waals surface area contributed by atoms with Gasteiger partial charge in [0, 0.05) is 18.3 Å². The highest BCUT2D eigenvalue weighted by atomic mass is 16.3. The Labute approximate surface area is 118 Å². The molecule has 0 saturated carbocycles. The first-order chi connectivity index (χ1) is 9.60. The SMILES string of the molecule is C[C@H](CCO)NC(=O)C(=O)Nc1ccc2c(c1)CCC2. The first kappa shape index (κ1) is 14.5. The van der Waals surface area contributed by atoms with Gasteiger partial charge in [0.25, 0.3) is 0 Å². The number of aliphatic hydroxyl groups is 1. The third-order valence-corrected chi connectivity index (χ3v) is 3.50. The molecule has 0 heterocycles. The second kappa shape index (κ2) is 6.52. The number of rotatable bonds is 4. The highest BCUT2D eigenvalue weighted by molar-refractivity contribution is 6.39. The quantitative estimate of drug-likeness (QED) is 0.718. The first-order valence-electron chi connectivity index (χ1n) is 6.94. The Morgan fingerprint density at radius 1 is 1.25 bits per heavy atom. The predicted octanol–water partition coefficient (Wildman–Crippen LogP) is 1.00. The lowest BCUT2D eigenvalue weighted by Crippen LogP contribution is -2.40. The second-order valence-corrected chi connectivity index (χ2v) is 5.18. The maximum atomic E-state index is 11.8. The molecule has 0 fully saturated rings. The van der Waals surface area contributed by atoms with E-state index in [-0.39, 0.29) is 12.6 Å². The number of hydrogen-bond acceptors (Lipinski definition) is 3. The molecule has 1 atom stereocenters. The molecule has 0 saturated heterocycles. The molecule has 5 nitrogen and oxygen atoms in total. The molecule has 108 valence electrons. The Bertz CT molecular complexity index is 514. The lowest BCUT2D eigenvalue weighted by Gasteiger charge is -2.12. The van der Waals surface area contributed by atoms with Crippen LogP contribution in [0.25, 0.3) is 0 Å². The number of amides is 2. The minimum absolute atomic E-state index is 0.0200. The third-order valence-electron chi connectivity index (χ3n) is 3.50. The second-order valence-electron chi connectivity index (χ2n) is 5.18. The molecule has 0 aliphatic heterocycles. The number of aryl methyl sites for hydroxylation is 2. The number of anilines is 1. The maximum Gasteiger partial charge on any atom is 0.313 e. The first-order valence-corrected chi connectivity index (χ1v) is 6.94. The van der Waals surface area contributed by atoms with Gasteiger partial charge in [-0.05, 0) is 55.9 Å². The van der Waals surface area contributed by atoms with E-state index in [1.165, 1.54) is 11.1 Å². The number of benzene rings is 1. The number of hydrogen-bond donors (Lipinski definition) is 3. The molecule has 0 bridgehead atoms. The van der Waals surface area contributed by atoms with Crippen LogP contribution in [0.4, 0.5) is 5.69 Å². The lowest BCUT2D eigenvalue weighted by atomic mass is 10.1. The molecule has 0 spiro atoms. The van der Waals surface area contributed by atoms with Crippen molar-refractivity contribution >= 4 is 17.5 Å². The molecular formula is C15H20N2O3. The van der Waals surface area contributed by atoms with Gasteiger partial charge in [-0.1, -0.05) is 6.07 Å². The van der Waals surface area contributed by atoms with Crippen molar-refractivity contribution in [3.05, 3.63) is 29.3 Å². The van der Waals surface area contributed by atoms with Crippen LogP contribution in [0, 0.1) is 0 Å². The molecule has 0 radical (unpaired) electrons.